The molecule has 0 spiro atoms. The Hall–Kier alpha value is -2.67. The molecule has 24 heavy (non-hydrogen) atoms. The number of rotatable bonds is 3. The van der Waals surface area contributed by atoms with Crippen LogP contribution in [0.15, 0.2) is 47.5 Å². The van der Waals surface area contributed by atoms with E-state index in [0.29, 0.717) is 25.2 Å². The van der Waals surface area contributed by atoms with Crippen molar-refractivity contribution in [3.63, 3.8) is 0 Å². The fraction of sp³-hybridized carbons (Fsp3) is 0.353. The summed E-state index contributed by atoms with van der Waals surface area (Å²) in [5.41, 5.74) is 1.48. The van der Waals surface area contributed by atoms with E-state index in [-0.39, 0.29) is 30.6 Å². The highest BCUT2D eigenvalue weighted by atomic mass is 16.5. The van der Waals surface area contributed by atoms with E-state index in [1.807, 2.05) is 12.1 Å². The number of nitrogens with zero attached hydrogens (tertiary/aromatic N) is 3. The lowest BCUT2D eigenvalue weighted by Gasteiger charge is -2.36. The smallest absolute Gasteiger partial charge is 0.257 e. The van der Waals surface area contributed by atoms with Crippen LogP contribution in [0.25, 0.3) is 0 Å². The van der Waals surface area contributed by atoms with Crippen molar-refractivity contribution in [2.45, 2.75) is 18.7 Å². The molecule has 0 N–H and O–H groups in total. The predicted octanol–water partition coefficient (Wildman–Crippen LogP) is 0.927. The zero-order valence-electron chi connectivity index (χ0n) is 13.0. The number of hydrogen-bond donors (Lipinski definition) is 0. The van der Waals surface area contributed by atoms with Gasteiger partial charge in [0.2, 0.25) is 5.91 Å². The fourth-order valence-electron chi connectivity index (χ4n) is 3.29. The second-order valence-electron chi connectivity index (χ2n) is 6.02. The molecule has 4 rings (SSSR count). The first-order valence-corrected chi connectivity index (χ1v) is 7.84. The number of ether oxygens (including phenoxy) is 1. The van der Waals surface area contributed by atoms with Gasteiger partial charge in [0.05, 0.1) is 24.0 Å². The molecule has 7 heteroatoms. The van der Waals surface area contributed by atoms with Crippen LogP contribution in [-0.4, -0.2) is 58.4 Å². The summed E-state index contributed by atoms with van der Waals surface area (Å²) in [4.78, 5) is 32.4. The van der Waals surface area contributed by atoms with E-state index in [0.717, 1.165) is 5.56 Å². The minimum atomic E-state index is -0.157. The second kappa shape index (κ2) is 6.09. The van der Waals surface area contributed by atoms with E-state index < -0.39 is 0 Å². The van der Waals surface area contributed by atoms with Crippen LogP contribution in [0.5, 0.6) is 0 Å². The molecule has 2 saturated heterocycles. The normalized spacial score (nSPS) is 23.4. The number of likely N-dealkylation sites (tertiary alicyclic amines) is 1. The van der Waals surface area contributed by atoms with E-state index in [1.54, 1.807) is 28.3 Å². The number of carbonyl (C=O) groups excluding carboxylic acids is 2. The highest BCUT2D eigenvalue weighted by molar-refractivity contribution is 5.94. The van der Waals surface area contributed by atoms with Gasteiger partial charge < -0.3 is 19.0 Å². The molecule has 4 heterocycles. The summed E-state index contributed by atoms with van der Waals surface area (Å²) < 4.78 is 10.6. The zero-order valence-corrected chi connectivity index (χ0v) is 13.0. The summed E-state index contributed by atoms with van der Waals surface area (Å²) in [6.45, 7) is 1.46. The number of fused-ring (bicyclic) bond motifs is 1. The summed E-state index contributed by atoms with van der Waals surface area (Å²) in [5.74, 6) is -0.159. The van der Waals surface area contributed by atoms with E-state index in [2.05, 4.69) is 4.98 Å². The highest BCUT2D eigenvalue weighted by Crippen LogP contribution is 2.26. The van der Waals surface area contributed by atoms with Crippen molar-refractivity contribution in [3.05, 3.63) is 54.2 Å². The van der Waals surface area contributed by atoms with Gasteiger partial charge in [-0.3, -0.25) is 14.6 Å². The van der Waals surface area contributed by atoms with Crippen molar-refractivity contribution < 1.29 is 18.7 Å². The Balaban J connectivity index is 1.52. The van der Waals surface area contributed by atoms with Gasteiger partial charge in [0.15, 0.2) is 0 Å². The summed E-state index contributed by atoms with van der Waals surface area (Å²) in [7, 11) is 0. The molecule has 2 aromatic heterocycles. The minimum absolute atomic E-state index is 0.0508. The molecule has 2 aliphatic heterocycles. The molecule has 2 aromatic rings. The minimum Gasteiger partial charge on any atom is -0.472 e. The molecule has 7 nitrogen and oxygen atoms in total. The number of hydrogen-bond acceptors (Lipinski definition) is 5. The van der Waals surface area contributed by atoms with Gasteiger partial charge in [-0.25, -0.2) is 0 Å². The number of aromatic nitrogens is 1. The molecule has 0 aromatic carbocycles. The Morgan fingerprint density at radius 2 is 2.25 bits per heavy atom. The molecular weight excluding hydrogens is 310 g/mol. The maximum absolute atomic E-state index is 12.5. The van der Waals surface area contributed by atoms with Crippen molar-refractivity contribution in [1.82, 2.24) is 14.8 Å². The van der Waals surface area contributed by atoms with Crippen molar-refractivity contribution in [2.24, 2.45) is 0 Å². The first kappa shape index (κ1) is 14.9. The van der Waals surface area contributed by atoms with Crippen molar-refractivity contribution in [2.75, 3.05) is 19.7 Å². The van der Waals surface area contributed by atoms with Crippen LogP contribution in [0.4, 0.5) is 0 Å². The first-order chi connectivity index (χ1) is 11.7. The van der Waals surface area contributed by atoms with Gasteiger partial charge in [-0.2, -0.15) is 0 Å². The number of amides is 2. The van der Waals surface area contributed by atoms with Gasteiger partial charge in [0.1, 0.15) is 12.9 Å². The maximum Gasteiger partial charge on any atom is 0.257 e. The van der Waals surface area contributed by atoms with E-state index >= 15 is 0 Å². The highest BCUT2D eigenvalue weighted by Gasteiger charge is 2.44. The zero-order chi connectivity index (χ0) is 16.5. The van der Waals surface area contributed by atoms with Gasteiger partial charge in [-0.1, -0.05) is 6.07 Å². The third-order valence-electron chi connectivity index (χ3n) is 4.51. The van der Waals surface area contributed by atoms with Crippen molar-refractivity contribution >= 4 is 11.8 Å². The van der Waals surface area contributed by atoms with Crippen molar-refractivity contribution in [3.8, 4) is 0 Å². The number of furan rings is 1. The van der Waals surface area contributed by atoms with Crippen LogP contribution < -0.4 is 0 Å². The lowest BCUT2D eigenvalue weighted by Crippen LogP contribution is -2.53. The topological polar surface area (TPSA) is 75.9 Å². The average molecular weight is 327 g/mol. The quantitative estimate of drug-likeness (QED) is 0.838. The van der Waals surface area contributed by atoms with Gasteiger partial charge in [-0.15, -0.1) is 0 Å². The van der Waals surface area contributed by atoms with Crippen molar-refractivity contribution in [1.29, 1.82) is 0 Å². The average Bonchev–Trinajstić information content (AvgIpc) is 3.27. The molecule has 0 saturated carbocycles. The van der Waals surface area contributed by atoms with E-state index in [1.165, 1.54) is 12.5 Å². The number of morpholine rings is 1. The van der Waals surface area contributed by atoms with E-state index in [4.69, 9.17) is 9.15 Å². The SMILES string of the molecule is O=C(c1ccoc1)N1C[C@@H]2[C@@H](C1)OCC(=O)N2Cc1cccnc1. The van der Waals surface area contributed by atoms with E-state index in [9.17, 15) is 9.59 Å². The molecule has 0 bridgehead atoms. The Bertz CT molecular complexity index is 732. The third-order valence-corrected chi connectivity index (χ3v) is 4.51. The summed E-state index contributed by atoms with van der Waals surface area (Å²) >= 11 is 0. The Morgan fingerprint density at radius 3 is 3.00 bits per heavy atom. The molecule has 0 unspecified atom stereocenters. The predicted molar refractivity (Wildman–Crippen MR) is 82.9 cm³/mol. The van der Waals surface area contributed by atoms with Crippen LogP contribution in [0, 0.1) is 0 Å². The monoisotopic (exact) mass is 327 g/mol. The van der Waals surface area contributed by atoms with Crippen LogP contribution in [0.1, 0.15) is 15.9 Å². The molecule has 124 valence electrons. The first-order valence-electron chi connectivity index (χ1n) is 7.84. The Morgan fingerprint density at radius 1 is 1.33 bits per heavy atom. The van der Waals surface area contributed by atoms with Crippen LogP contribution in [0.3, 0.4) is 0 Å². The molecule has 2 atom stereocenters. The molecule has 0 radical (unpaired) electrons. The number of pyridine rings is 1. The summed E-state index contributed by atoms with van der Waals surface area (Å²) in [6, 6.07) is 5.29. The molecular formula is C17H17N3O4. The van der Waals surface area contributed by atoms with Gasteiger partial charge in [-0.05, 0) is 17.7 Å². The standard InChI is InChI=1S/C17H17N3O4/c21-16-11-24-15-9-19(17(22)13-3-5-23-10-13)8-14(15)20(16)7-12-2-1-4-18-6-12/h1-6,10,14-15H,7-9,11H2/t14-,15-/m1/s1. The fourth-order valence-corrected chi connectivity index (χ4v) is 3.29. The molecule has 2 aliphatic rings. The molecule has 2 fully saturated rings. The molecule has 2 amide bonds. The second-order valence-corrected chi connectivity index (χ2v) is 6.02. The van der Waals surface area contributed by atoms with Gasteiger partial charge >= 0.3 is 0 Å². The Labute approximate surface area is 138 Å². The summed E-state index contributed by atoms with van der Waals surface area (Å²) in [5, 5.41) is 0. The lowest BCUT2D eigenvalue weighted by atomic mass is 10.1. The molecule has 0 aliphatic carbocycles. The lowest BCUT2D eigenvalue weighted by molar-refractivity contribution is -0.153. The van der Waals surface area contributed by atoms with Gasteiger partial charge in [0.25, 0.3) is 5.91 Å². The van der Waals surface area contributed by atoms with Crippen LogP contribution in [-0.2, 0) is 16.1 Å². The van der Waals surface area contributed by atoms with Gasteiger partial charge in [0, 0.05) is 32.0 Å². The summed E-state index contributed by atoms with van der Waals surface area (Å²) in [6.07, 6.45) is 6.21. The van der Waals surface area contributed by atoms with Crippen LogP contribution in [0.2, 0.25) is 0 Å². The largest absolute Gasteiger partial charge is 0.472 e. The maximum atomic E-state index is 12.5. The number of carbonyl (C=O) groups is 2. The Kier molecular flexibility index (Phi) is 3.78. The van der Waals surface area contributed by atoms with Crippen LogP contribution >= 0.6 is 0 Å². The third kappa shape index (κ3) is 2.67.